The normalized spacial score (nSPS) is 11.1. The van der Waals surface area contributed by atoms with Gasteiger partial charge in [-0.3, -0.25) is 4.79 Å². The number of amides is 1. The fourth-order valence-corrected chi connectivity index (χ4v) is 1.67. The Bertz CT molecular complexity index is 719. The number of benzene rings is 1. The molecule has 0 bridgehead atoms. The van der Waals surface area contributed by atoms with Crippen LogP contribution in [0.15, 0.2) is 36.5 Å². The minimum atomic E-state index is -4.56. The van der Waals surface area contributed by atoms with Crippen LogP contribution in [0.1, 0.15) is 10.4 Å². The van der Waals surface area contributed by atoms with Gasteiger partial charge in [0.1, 0.15) is 17.4 Å². The number of anilines is 2. The molecule has 1 aromatic carbocycles. The average Bonchev–Trinajstić information content (AvgIpc) is 2.45. The van der Waals surface area contributed by atoms with Crippen LogP contribution in [0.4, 0.5) is 29.1 Å². The van der Waals surface area contributed by atoms with E-state index in [0.717, 1.165) is 18.2 Å². The number of nitrogens with zero attached hydrogens (tertiary/aromatic N) is 1. The van der Waals surface area contributed by atoms with Crippen LogP contribution >= 0.6 is 0 Å². The number of hydrogen-bond acceptors (Lipinski definition) is 4. The molecule has 0 spiro atoms. The molecule has 1 aromatic heterocycles. The van der Waals surface area contributed by atoms with Gasteiger partial charge in [-0.15, -0.1) is 0 Å². The Labute approximate surface area is 128 Å². The predicted molar refractivity (Wildman–Crippen MR) is 74.6 cm³/mol. The van der Waals surface area contributed by atoms with Gasteiger partial charge < -0.3 is 15.8 Å². The third-order valence-corrected chi connectivity index (χ3v) is 2.62. The van der Waals surface area contributed by atoms with Gasteiger partial charge in [-0.05, 0) is 24.3 Å². The van der Waals surface area contributed by atoms with Crippen molar-refractivity contribution >= 4 is 17.4 Å². The van der Waals surface area contributed by atoms with Gasteiger partial charge in [-0.2, -0.15) is 13.2 Å². The molecule has 0 aliphatic heterocycles. The van der Waals surface area contributed by atoms with Crippen molar-refractivity contribution in [2.24, 2.45) is 0 Å². The molecule has 0 saturated heterocycles. The van der Waals surface area contributed by atoms with Crippen LogP contribution in [0.2, 0.25) is 0 Å². The summed E-state index contributed by atoms with van der Waals surface area (Å²) in [7, 11) is 0. The van der Waals surface area contributed by atoms with Gasteiger partial charge in [-0.25, -0.2) is 9.37 Å². The lowest BCUT2D eigenvalue weighted by atomic mass is 10.2. The fourth-order valence-electron chi connectivity index (χ4n) is 1.67. The SMILES string of the molecule is Nc1cc(C(=O)Nc2cc(F)ccc2OCC(F)(F)F)ccn1. The highest BCUT2D eigenvalue weighted by molar-refractivity contribution is 6.05. The second-order valence-corrected chi connectivity index (χ2v) is 4.47. The molecule has 0 aliphatic carbocycles. The number of nitrogens with two attached hydrogens (primary N) is 1. The van der Waals surface area contributed by atoms with Gasteiger partial charge in [0.25, 0.3) is 5.91 Å². The van der Waals surface area contributed by atoms with Crippen molar-refractivity contribution in [1.82, 2.24) is 4.98 Å². The molecule has 0 fully saturated rings. The van der Waals surface area contributed by atoms with E-state index in [1.165, 1.54) is 18.3 Å². The lowest BCUT2D eigenvalue weighted by Crippen LogP contribution is -2.20. The van der Waals surface area contributed by atoms with E-state index in [9.17, 15) is 22.4 Å². The topological polar surface area (TPSA) is 77.2 Å². The molecule has 5 nitrogen and oxygen atoms in total. The summed E-state index contributed by atoms with van der Waals surface area (Å²) in [6.45, 7) is -1.57. The van der Waals surface area contributed by atoms with E-state index in [1.807, 2.05) is 0 Å². The summed E-state index contributed by atoms with van der Waals surface area (Å²) >= 11 is 0. The molecule has 3 N–H and O–H groups in total. The summed E-state index contributed by atoms with van der Waals surface area (Å²) in [4.78, 5) is 15.7. The molecule has 0 aliphatic rings. The van der Waals surface area contributed by atoms with E-state index in [0.29, 0.717) is 0 Å². The molecular formula is C14H11F4N3O2. The van der Waals surface area contributed by atoms with Gasteiger partial charge in [0.15, 0.2) is 6.61 Å². The summed E-state index contributed by atoms with van der Waals surface area (Å²) in [5, 5.41) is 2.28. The first kappa shape index (κ1) is 16.5. The van der Waals surface area contributed by atoms with Gasteiger partial charge in [0.05, 0.1) is 5.69 Å². The van der Waals surface area contributed by atoms with E-state index < -0.39 is 24.5 Å². The third-order valence-electron chi connectivity index (χ3n) is 2.62. The Hall–Kier alpha value is -2.84. The number of carbonyl (C=O) groups excluding carboxylic acids is 1. The maximum Gasteiger partial charge on any atom is 0.422 e. The van der Waals surface area contributed by atoms with E-state index in [4.69, 9.17) is 5.73 Å². The molecule has 23 heavy (non-hydrogen) atoms. The number of aromatic nitrogens is 1. The number of nitrogen functional groups attached to an aromatic ring is 1. The van der Waals surface area contributed by atoms with Crippen LogP contribution in [-0.4, -0.2) is 23.7 Å². The predicted octanol–water partition coefficient (Wildman–Crippen LogP) is 3.00. The van der Waals surface area contributed by atoms with Crippen molar-refractivity contribution in [3.8, 4) is 5.75 Å². The molecule has 0 atom stereocenters. The molecule has 1 amide bonds. The van der Waals surface area contributed by atoms with Gasteiger partial charge in [-0.1, -0.05) is 0 Å². The summed E-state index contributed by atoms with van der Waals surface area (Å²) in [5.41, 5.74) is 5.33. The number of pyridine rings is 1. The van der Waals surface area contributed by atoms with Crippen molar-refractivity contribution < 1.29 is 27.1 Å². The van der Waals surface area contributed by atoms with E-state index in [1.54, 1.807) is 0 Å². The molecule has 0 unspecified atom stereocenters. The van der Waals surface area contributed by atoms with Crippen molar-refractivity contribution in [3.05, 3.63) is 47.9 Å². The third kappa shape index (κ3) is 4.83. The molecule has 9 heteroatoms. The van der Waals surface area contributed by atoms with Crippen molar-refractivity contribution in [2.45, 2.75) is 6.18 Å². The van der Waals surface area contributed by atoms with E-state index in [-0.39, 0.29) is 22.8 Å². The number of ether oxygens (including phenoxy) is 1. The standard InChI is InChI=1S/C14H11F4N3O2/c15-9-1-2-11(23-7-14(16,17)18)10(6-9)21-13(22)8-3-4-20-12(19)5-8/h1-6H,7H2,(H2,19,20)(H,21,22). The molecule has 0 radical (unpaired) electrons. The summed E-state index contributed by atoms with van der Waals surface area (Å²) in [5.74, 6) is -1.65. The Morgan fingerprint density at radius 3 is 2.65 bits per heavy atom. The Balaban J connectivity index is 2.21. The fraction of sp³-hybridized carbons (Fsp3) is 0.143. The minimum absolute atomic E-state index is 0.0884. The lowest BCUT2D eigenvalue weighted by Gasteiger charge is -2.14. The summed E-state index contributed by atoms with van der Waals surface area (Å²) < 4.78 is 54.5. The first-order valence-corrected chi connectivity index (χ1v) is 6.26. The van der Waals surface area contributed by atoms with Gasteiger partial charge in [0.2, 0.25) is 0 Å². The second-order valence-electron chi connectivity index (χ2n) is 4.47. The maximum atomic E-state index is 13.3. The number of alkyl halides is 3. The van der Waals surface area contributed by atoms with Crippen LogP contribution in [0, 0.1) is 5.82 Å². The zero-order chi connectivity index (χ0) is 17.0. The molecule has 0 saturated carbocycles. The molecule has 2 aromatic rings. The zero-order valence-corrected chi connectivity index (χ0v) is 11.5. The molecular weight excluding hydrogens is 318 g/mol. The number of hydrogen-bond donors (Lipinski definition) is 2. The van der Waals surface area contributed by atoms with E-state index >= 15 is 0 Å². The van der Waals surface area contributed by atoms with Crippen LogP contribution in [0.25, 0.3) is 0 Å². The molecule has 2 rings (SSSR count). The highest BCUT2D eigenvalue weighted by Crippen LogP contribution is 2.28. The Morgan fingerprint density at radius 2 is 2.00 bits per heavy atom. The van der Waals surface area contributed by atoms with Gasteiger partial charge in [0, 0.05) is 17.8 Å². The lowest BCUT2D eigenvalue weighted by molar-refractivity contribution is -0.153. The van der Waals surface area contributed by atoms with Crippen LogP contribution < -0.4 is 15.8 Å². The smallest absolute Gasteiger partial charge is 0.422 e. The van der Waals surface area contributed by atoms with Crippen LogP contribution in [-0.2, 0) is 0 Å². The maximum absolute atomic E-state index is 13.3. The number of carbonyl (C=O) groups is 1. The van der Waals surface area contributed by atoms with Crippen molar-refractivity contribution in [3.63, 3.8) is 0 Å². The quantitative estimate of drug-likeness (QED) is 0.846. The second kappa shape index (κ2) is 6.51. The summed E-state index contributed by atoms with van der Waals surface area (Å²) in [6, 6.07) is 5.39. The first-order chi connectivity index (χ1) is 10.7. The minimum Gasteiger partial charge on any atom is -0.482 e. The zero-order valence-electron chi connectivity index (χ0n) is 11.5. The van der Waals surface area contributed by atoms with Gasteiger partial charge >= 0.3 is 6.18 Å². The van der Waals surface area contributed by atoms with Crippen molar-refractivity contribution in [2.75, 3.05) is 17.7 Å². The summed E-state index contributed by atoms with van der Waals surface area (Å²) in [6.07, 6.45) is -3.27. The van der Waals surface area contributed by atoms with Crippen LogP contribution in [0.3, 0.4) is 0 Å². The number of halogens is 4. The van der Waals surface area contributed by atoms with Crippen LogP contribution in [0.5, 0.6) is 5.75 Å². The van der Waals surface area contributed by atoms with E-state index in [2.05, 4.69) is 15.0 Å². The monoisotopic (exact) mass is 329 g/mol. The average molecular weight is 329 g/mol. The first-order valence-electron chi connectivity index (χ1n) is 6.26. The largest absolute Gasteiger partial charge is 0.482 e. The molecule has 1 heterocycles. The Morgan fingerprint density at radius 1 is 1.26 bits per heavy atom. The highest BCUT2D eigenvalue weighted by atomic mass is 19.4. The number of nitrogens with one attached hydrogen (secondary N) is 1. The molecule has 122 valence electrons. The highest BCUT2D eigenvalue weighted by Gasteiger charge is 2.29. The van der Waals surface area contributed by atoms with Crippen molar-refractivity contribution in [1.29, 1.82) is 0 Å². The Kier molecular flexibility index (Phi) is 4.68. The number of rotatable bonds is 4.